The van der Waals surface area contributed by atoms with Gasteiger partial charge in [-0.05, 0) is 30.4 Å². The van der Waals surface area contributed by atoms with Gasteiger partial charge in [0.2, 0.25) is 0 Å². The molecular weight excluding hydrogens is 284 g/mol. The zero-order chi connectivity index (χ0) is 15.1. The van der Waals surface area contributed by atoms with Crippen molar-refractivity contribution in [2.24, 2.45) is 16.3 Å². The number of rotatable bonds is 5. The molecule has 4 N–H and O–H groups in total. The molecule has 0 radical (unpaired) electrons. The molecular formula is C13H15F2N3O3. The largest absolute Gasteiger partial charge is 0.586 e. The third-order valence-electron chi connectivity index (χ3n) is 3.71. The average molecular weight is 299 g/mol. The molecule has 114 valence electrons. The molecule has 3 rings (SSSR count). The van der Waals surface area contributed by atoms with Crippen molar-refractivity contribution in [3.8, 4) is 11.5 Å². The number of nitrogens with one attached hydrogen (secondary N) is 1. The second-order valence-corrected chi connectivity index (χ2v) is 5.45. The number of alkyl halides is 2. The fourth-order valence-corrected chi connectivity index (χ4v) is 2.36. The van der Waals surface area contributed by atoms with E-state index in [0.717, 1.165) is 12.8 Å². The minimum Gasteiger partial charge on any atom is -0.409 e. The van der Waals surface area contributed by atoms with Crippen LogP contribution in [0.3, 0.4) is 0 Å². The van der Waals surface area contributed by atoms with Crippen LogP contribution in [0.1, 0.15) is 19.3 Å². The lowest BCUT2D eigenvalue weighted by Crippen LogP contribution is -2.26. The van der Waals surface area contributed by atoms with E-state index in [9.17, 15) is 8.78 Å². The summed E-state index contributed by atoms with van der Waals surface area (Å²) < 4.78 is 34.6. The molecule has 0 saturated heterocycles. The van der Waals surface area contributed by atoms with E-state index in [2.05, 4.69) is 19.9 Å². The number of hydrogen-bond donors (Lipinski definition) is 3. The Hall–Kier alpha value is -2.25. The van der Waals surface area contributed by atoms with Gasteiger partial charge in [-0.2, -0.15) is 0 Å². The van der Waals surface area contributed by atoms with Crippen LogP contribution in [0.25, 0.3) is 0 Å². The molecule has 0 amide bonds. The molecule has 8 heteroatoms. The lowest BCUT2D eigenvalue weighted by molar-refractivity contribution is -0.286. The van der Waals surface area contributed by atoms with Crippen molar-refractivity contribution in [3.63, 3.8) is 0 Å². The lowest BCUT2D eigenvalue weighted by Gasteiger charge is -2.16. The molecule has 1 saturated carbocycles. The minimum atomic E-state index is -3.61. The average Bonchev–Trinajstić information content (AvgIpc) is 3.10. The van der Waals surface area contributed by atoms with Gasteiger partial charge in [0, 0.05) is 24.7 Å². The molecule has 0 unspecified atom stereocenters. The monoisotopic (exact) mass is 299 g/mol. The first-order chi connectivity index (χ1) is 9.91. The number of ether oxygens (including phenoxy) is 2. The van der Waals surface area contributed by atoms with Crippen molar-refractivity contribution >= 4 is 11.5 Å². The normalized spacial score (nSPS) is 21.1. The summed E-state index contributed by atoms with van der Waals surface area (Å²) in [5.74, 6) is 0.217. The molecule has 1 aliphatic carbocycles. The van der Waals surface area contributed by atoms with E-state index < -0.39 is 6.29 Å². The fourth-order valence-electron chi connectivity index (χ4n) is 2.36. The highest BCUT2D eigenvalue weighted by atomic mass is 19.3. The third kappa shape index (κ3) is 2.93. The summed E-state index contributed by atoms with van der Waals surface area (Å²) in [7, 11) is 0. The van der Waals surface area contributed by atoms with Crippen molar-refractivity contribution in [2.75, 3.05) is 11.9 Å². The number of halogens is 2. The SMILES string of the molecule is NC(CC1(CNc2ccc3c(c2)OC(F)(F)O3)CC1)=NO. The predicted octanol–water partition coefficient (Wildman–Crippen LogP) is 2.34. The highest BCUT2D eigenvalue weighted by molar-refractivity contribution is 5.80. The quantitative estimate of drug-likeness (QED) is 0.336. The van der Waals surface area contributed by atoms with E-state index in [1.165, 1.54) is 12.1 Å². The van der Waals surface area contributed by atoms with Crippen LogP contribution >= 0.6 is 0 Å². The predicted molar refractivity (Wildman–Crippen MR) is 70.8 cm³/mol. The van der Waals surface area contributed by atoms with Crippen molar-refractivity contribution < 1.29 is 23.5 Å². The van der Waals surface area contributed by atoms with E-state index in [0.29, 0.717) is 18.7 Å². The molecule has 6 nitrogen and oxygen atoms in total. The molecule has 0 bridgehead atoms. The Morgan fingerprint density at radius 2 is 2.05 bits per heavy atom. The van der Waals surface area contributed by atoms with E-state index in [1.807, 2.05) is 0 Å². The lowest BCUT2D eigenvalue weighted by atomic mass is 10.0. The van der Waals surface area contributed by atoms with E-state index in [4.69, 9.17) is 10.9 Å². The molecule has 1 aromatic rings. The van der Waals surface area contributed by atoms with Crippen LogP contribution in [-0.4, -0.2) is 23.9 Å². The zero-order valence-corrected chi connectivity index (χ0v) is 11.1. The van der Waals surface area contributed by atoms with Crippen molar-refractivity contribution in [3.05, 3.63) is 18.2 Å². The summed E-state index contributed by atoms with van der Waals surface area (Å²) in [6.45, 7) is 0.610. The van der Waals surface area contributed by atoms with Gasteiger partial charge in [-0.1, -0.05) is 5.16 Å². The summed E-state index contributed by atoms with van der Waals surface area (Å²) >= 11 is 0. The Morgan fingerprint density at radius 1 is 1.33 bits per heavy atom. The summed E-state index contributed by atoms with van der Waals surface area (Å²) in [6, 6.07) is 4.54. The molecule has 0 atom stereocenters. The van der Waals surface area contributed by atoms with Crippen LogP contribution in [0.5, 0.6) is 11.5 Å². The first-order valence-corrected chi connectivity index (χ1v) is 6.52. The minimum absolute atomic E-state index is 0.00582. The van der Waals surface area contributed by atoms with Crippen LogP contribution in [0.15, 0.2) is 23.4 Å². The second kappa shape index (κ2) is 4.64. The highest BCUT2D eigenvalue weighted by Gasteiger charge is 2.44. The number of anilines is 1. The van der Waals surface area contributed by atoms with Gasteiger partial charge in [-0.15, -0.1) is 8.78 Å². The third-order valence-corrected chi connectivity index (χ3v) is 3.71. The molecule has 1 fully saturated rings. The van der Waals surface area contributed by atoms with Gasteiger partial charge < -0.3 is 25.7 Å². The number of hydrogen-bond acceptors (Lipinski definition) is 5. The first-order valence-electron chi connectivity index (χ1n) is 6.52. The Kier molecular flexibility index (Phi) is 3.03. The van der Waals surface area contributed by atoms with Crippen LogP contribution in [-0.2, 0) is 0 Å². The van der Waals surface area contributed by atoms with E-state index in [1.54, 1.807) is 6.07 Å². The van der Waals surface area contributed by atoms with Gasteiger partial charge in [0.05, 0.1) is 0 Å². The molecule has 2 aliphatic rings. The van der Waals surface area contributed by atoms with E-state index >= 15 is 0 Å². The van der Waals surface area contributed by atoms with Crippen LogP contribution in [0.2, 0.25) is 0 Å². The van der Waals surface area contributed by atoms with Crippen LogP contribution in [0, 0.1) is 5.41 Å². The number of nitrogens with two attached hydrogens (primary N) is 1. The Morgan fingerprint density at radius 3 is 2.71 bits per heavy atom. The van der Waals surface area contributed by atoms with Crippen molar-refractivity contribution in [1.82, 2.24) is 0 Å². The zero-order valence-electron chi connectivity index (χ0n) is 11.1. The fraction of sp³-hybridized carbons (Fsp3) is 0.462. The Bertz CT molecular complexity index is 588. The number of benzene rings is 1. The highest BCUT2D eigenvalue weighted by Crippen LogP contribution is 2.49. The molecule has 1 aromatic carbocycles. The van der Waals surface area contributed by atoms with Crippen molar-refractivity contribution in [1.29, 1.82) is 0 Å². The molecule has 1 heterocycles. The van der Waals surface area contributed by atoms with E-state index in [-0.39, 0.29) is 22.7 Å². The number of amidine groups is 1. The topological polar surface area (TPSA) is 89.1 Å². The Labute approximate surface area is 119 Å². The first kappa shape index (κ1) is 13.7. The summed E-state index contributed by atoms with van der Waals surface area (Å²) in [5.41, 5.74) is 6.15. The molecule has 0 aromatic heterocycles. The van der Waals surface area contributed by atoms with Gasteiger partial charge in [0.25, 0.3) is 0 Å². The maximum absolute atomic E-state index is 12.9. The number of nitrogens with zero attached hydrogens (tertiary/aromatic N) is 1. The van der Waals surface area contributed by atoms with Gasteiger partial charge in [0.1, 0.15) is 5.84 Å². The maximum atomic E-state index is 12.9. The molecule has 0 spiro atoms. The second-order valence-electron chi connectivity index (χ2n) is 5.45. The van der Waals surface area contributed by atoms with Gasteiger partial charge >= 0.3 is 6.29 Å². The van der Waals surface area contributed by atoms with Crippen LogP contribution in [0.4, 0.5) is 14.5 Å². The maximum Gasteiger partial charge on any atom is 0.586 e. The van der Waals surface area contributed by atoms with Gasteiger partial charge in [-0.3, -0.25) is 0 Å². The van der Waals surface area contributed by atoms with Gasteiger partial charge in [-0.25, -0.2) is 0 Å². The Balaban J connectivity index is 1.63. The smallest absolute Gasteiger partial charge is 0.409 e. The summed E-state index contributed by atoms with van der Waals surface area (Å²) in [6.07, 6.45) is -1.17. The van der Waals surface area contributed by atoms with Crippen LogP contribution < -0.4 is 20.5 Å². The number of fused-ring (bicyclic) bond motifs is 1. The summed E-state index contributed by atoms with van der Waals surface area (Å²) in [5, 5.41) is 14.7. The molecule has 1 aliphatic heterocycles. The summed E-state index contributed by atoms with van der Waals surface area (Å²) in [4.78, 5) is 0. The molecule has 21 heavy (non-hydrogen) atoms. The van der Waals surface area contributed by atoms with Gasteiger partial charge in [0.15, 0.2) is 11.5 Å². The van der Waals surface area contributed by atoms with Crippen molar-refractivity contribution in [2.45, 2.75) is 25.6 Å². The standard InChI is InChI=1S/C13H15F2N3O3/c14-13(15)20-9-2-1-8(5-10(9)21-13)17-7-12(3-4-12)6-11(16)18-19/h1-2,5,17,19H,3-4,6-7H2,(H2,16,18). The number of oxime groups is 1.